The van der Waals surface area contributed by atoms with Crippen molar-refractivity contribution in [2.24, 2.45) is 5.84 Å². The molecule has 0 spiro atoms. The first-order chi connectivity index (χ1) is 9.59. The summed E-state index contributed by atoms with van der Waals surface area (Å²) in [6, 6.07) is 0.0474. The summed E-state index contributed by atoms with van der Waals surface area (Å²) in [5.74, 6) is 5.84. The zero-order chi connectivity index (χ0) is 14.6. The van der Waals surface area contributed by atoms with Gasteiger partial charge in [-0.25, -0.2) is 0 Å². The molecular weight excluding hydrogens is 254 g/mol. The second-order valence-electron chi connectivity index (χ2n) is 5.89. The molecule has 0 radical (unpaired) electrons. The van der Waals surface area contributed by atoms with Crippen LogP contribution in [0.3, 0.4) is 0 Å². The number of morpholine rings is 1. The highest BCUT2D eigenvalue weighted by atomic mass is 16.5. The van der Waals surface area contributed by atoms with Gasteiger partial charge in [-0.2, -0.15) is 5.10 Å². The second-order valence-corrected chi connectivity index (χ2v) is 5.89. The number of nitrogens with one attached hydrogen (secondary N) is 1. The Labute approximate surface area is 121 Å². The van der Waals surface area contributed by atoms with E-state index >= 15 is 0 Å². The lowest BCUT2D eigenvalue weighted by atomic mass is 9.88. The predicted molar refractivity (Wildman–Crippen MR) is 79.1 cm³/mol. The molecule has 1 aromatic heterocycles. The van der Waals surface area contributed by atoms with Gasteiger partial charge < -0.3 is 4.74 Å². The number of nitrogens with two attached hydrogens (primary N) is 1. The van der Waals surface area contributed by atoms with E-state index in [1.807, 2.05) is 10.9 Å². The third-order valence-electron chi connectivity index (χ3n) is 4.14. The van der Waals surface area contributed by atoms with Crippen molar-refractivity contribution < 1.29 is 4.74 Å². The number of hydrogen-bond acceptors (Lipinski definition) is 5. The highest BCUT2D eigenvalue weighted by Crippen LogP contribution is 2.30. The largest absolute Gasteiger partial charge is 0.379 e. The van der Waals surface area contributed by atoms with E-state index in [0.717, 1.165) is 44.8 Å². The smallest absolute Gasteiger partial charge is 0.0669 e. The summed E-state index contributed by atoms with van der Waals surface area (Å²) in [5, 5.41) is 4.41. The number of hydrogen-bond donors (Lipinski definition) is 2. The maximum absolute atomic E-state index is 5.84. The molecule has 0 aromatic carbocycles. The van der Waals surface area contributed by atoms with Gasteiger partial charge in [0.05, 0.1) is 25.5 Å². The summed E-state index contributed by atoms with van der Waals surface area (Å²) < 4.78 is 7.42. The van der Waals surface area contributed by atoms with Gasteiger partial charge in [-0.15, -0.1) is 0 Å². The van der Waals surface area contributed by atoms with Crippen LogP contribution in [0.15, 0.2) is 12.4 Å². The van der Waals surface area contributed by atoms with Crippen LogP contribution < -0.4 is 11.3 Å². The third-order valence-corrected chi connectivity index (χ3v) is 4.14. The molecule has 1 atom stereocenters. The molecular formula is C14H27N5O. The summed E-state index contributed by atoms with van der Waals surface area (Å²) in [7, 11) is 0. The number of rotatable bonds is 6. The lowest BCUT2D eigenvalue weighted by molar-refractivity contribution is -0.0238. The fourth-order valence-corrected chi connectivity index (χ4v) is 2.91. The van der Waals surface area contributed by atoms with Crippen molar-refractivity contribution in [2.75, 3.05) is 26.3 Å². The molecule has 0 aliphatic carbocycles. The van der Waals surface area contributed by atoms with Crippen molar-refractivity contribution in [3.63, 3.8) is 0 Å². The normalized spacial score (nSPS) is 19.2. The van der Waals surface area contributed by atoms with E-state index in [9.17, 15) is 0 Å². The molecule has 2 heterocycles. The molecule has 6 heteroatoms. The molecule has 1 aliphatic heterocycles. The van der Waals surface area contributed by atoms with E-state index in [2.05, 4.69) is 42.4 Å². The number of nitrogens with zero attached hydrogens (tertiary/aromatic N) is 3. The van der Waals surface area contributed by atoms with Gasteiger partial charge in [0.25, 0.3) is 0 Å². The molecule has 1 aliphatic rings. The van der Waals surface area contributed by atoms with E-state index in [4.69, 9.17) is 10.6 Å². The predicted octanol–water partition coefficient (Wildman–Crippen LogP) is 0.908. The molecule has 3 N–H and O–H groups in total. The van der Waals surface area contributed by atoms with Crippen molar-refractivity contribution in [1.29, 1.82) is 0 Å². The van der Waals surface area contributed by atoms with Gasteiger partial charge in [0, 0.05) is 36.9 Å². The fraction of sp³-hybridized carbons (Fsp3) is 0.786. The Morgan fingerprint density at radius 3 is 2.75 bits per heavy atom. The van der Waals surface area contributed by atoms with Crippen molar-refractivity contribution in [3.05, 3.63) is 18.0 Å². The van der Waals surface area contributed by atoms with Crippen LogP contribution in [0.2, 0.25) is 0 Å². The summed E-state index contributed by atoms with van der Waals surface area (Å²) >= 11 is 0. The Bertz CT molecular complexity index is 411. The molecule has 1 unspecified atom stereocenters. The van der Waals surface area contributed by atoms with Crippen LogP contribution in [0.5, 0.6) is 0 Å². The van der Waals surface area contributed by atoms with Gasteiger partial charge in [-0.3, -0.25) is 20.9 Å². The first-order valence-electron chi connectivity index (χ1n) is 7.41. The third kappa shape index (κ3) is 3.20. The van der Waals surface area contributed by atoms with E-state index in [-0.39, 0.29) is 11.6 Å². The number of aryl methyl sites for hydroxylation is 1. The number of hydrazine groups is 1. The molecule has 6 nitrogen and oxygen atoms in total. The Balaban J connectivity index is 2.15. The van der Waals surface area contributed by atoms with Crippen LogP contribution in [-0.4, -0.2) is 46.5 Å². The topological polar surface area (TPSA) is 68.3 Å². The molecule has 1 saturated heterocycles. The molecule has 114 valence electrons. The van der Waals surface area contributed by atoms with Gasteiger partial charge in [-0.05, 0) is 20.3 Å². The molecule has 0 saturated carbocycles. The van der Waals surface area contributed by atoms with Crippen LogP contribution >= 0.6 is 0 Å². The van der Waals surface area contributed by atoms with E-state index < -0.39 is 0 Å². The fourth-order valence-electron chi connectivity index (χ4n) is 2.91. The molecule has 1 fully saturated rings. The summed E-state index contributed by atoms with van der Waals surface area (Å²) in [6.07, 6.45) is 5.09. The number of ether oxygens (including phenoxy) is 1. The minimum absolute atomic E-state index is 0.0474. The lowest BCUT2D eigenvalue weighted by Crippen LogP contribution is -2.57. The first kappa shape index (κ1) is 15.4. The van der Waals surface area contributed by atoms with Gasteiger partial charge in [-0.1, -0.05) is 6.92 Å². The highest BCUT2D eigenvalue weighted by molar-refractivity contribution is 5.16. The Hall–Kier alpha value is -0.950. The zero-order valence-electron chi connectivity index (χ0n) is 12.8. The van der Waals surface area contributed by atoms with Gasteiger partial charge in [0.15, 0.2) is 0 Å². The molecule has 0 bridgehead atoms. The summed E-state index contributed by atoms with van der Waals surface area (Å²) in [6.45, 7) is 11.0. The van der Waals surface area contributed by atoms with E-state index in [1.54, 1.807) is 0 Å². The van der Waals surface area contributed by atoms with Crippen LogP contribution in [0, 0.1) is 0 Å². The maximum Gasteiger partial charge on any atom is 0.0669 e. The number of aromatic nitrogens is 2. The molecule has 0 amide bonds. The lowest BCUT2D eigenvalue weighted by Gasteiger charge is -2.45. The average Bonchev–Trinajstić information content (AvgIpc) is 2.89. The molecule has 1 aromatic rings. The summed E-state index contributed by atoms with van der Waals surface area (Å²) in [5.41, 5.74) is 4.03. The molecule has 20 heavy (non-hydrogen) atoms. The minimum atomic E-state index is -0.0847. The highest BCUT2D eigenvalue weighted by Gasteiger charge is 2.37. The van der Waals surface area contributed by atoms with Crippen LogP contribution in [0.1, 0.15) is 38.8 Å². The van der Waals surface area contributed by atoms with Gasteiger partial charge >= 0.3 is 0 Å². The second kappa shape index (κ2) is 6.67. The Morgan fingerprint density at radius 1 is 1.45 bits per heavy atom. The average molecular weight is 281 g/mol. The summed E-state index contributed by atoms with van der Waals surface area (Å²) in [4.78, 5) is 2.43. The van der Waals surface area contributed by atoms with E-state index in [1.165, 1.54) is 0 Å². The van der Waals surface area contributed by atoms with Crippen molar-refractivity contribution in [2.45, 2.75) is 45.3 Å². The van der Waals surface area contributed by atoms with Crippen molar-refractivity contribution in [3.8, 4) is 0 Å². The standard InChI is InChI=1S/C14H27N5O/c1-4-5-19-11-12(10-16-19)13(17-15)14(2,3)18-6-8-20-9-7-18/h10-11,13,17H,4-9,15H2,1-3H3. The maximum atomic E-state index is 5.84. The first-order valence-corrected chi connectivity index (χ1v) is 7.41. The Kier molecular flexibility index (Phi) is 5.15. The Morgan fingerprint density at radius 2 is 2.15 bits per heavy atom. The van der Waals surface area contributed by atoms with Crippen molar-refractivity contribution >= 4 is 0 Å². The van der Waals surface area contributed by atoms with Crippen molar-refractivity contribution in [1.82, 2.24) is 20.1 Å². The van der Waals surface area contributed by atoms with Crippen LogP contribution in [-0.2, 0) is 11.3 Å². The minimum Gasteiger partial charge on any atom is -0.379 e. The molecule has 2 rings (SSSR count). The quantitative estimate of drug-likeness (QED) is 0.599. The SMILES string of the molecule is CCCn1cc(C(NN)C(C)(C)N2CCOCC2)cn1. The van der Waals surface area contributed by atoms with Crippen LogP contribution in [0.25, 0.3) is 0 Å². The monoisotopic (exact) mass is 281 g/mol. The van der Waals surface area contributed by atoms with E-state index in [0.29, 0.717) is 0 Å². The van der Waals surface area contributed by atoms with Gasteiger partial charge in [0.2, 0.25) is 0 Å². The van der Waals surface area contributed by atoms with Crippen LogP contribution in [0.4, 0.5) is 0 Å². The zero-order valence-corrected chi connectivity index (χ0v) is 12.8. The van der Waals surface area contributed by atoms with Gasteiger partial charge in [0.1, 0.15) is 0 Å².